The van der Waals surface area contributed by atoms with Crippen LogP contribution in [-0.4, -0.2) is 0 Å². The van der Waals surface area contributed by atoms with Crippen molar-refractivity contribution in [3.8, 4) is 0 Å². The fourth-order valence-electron chi connectivity index (χ4n) is 0. The van der Waals surface area contributed by atoms with Gasteiger partial charge in [-0.2, -0.15) is 6.42 Å². The molecule has 0 amide bonds. The molecule has 0 nitrogen and oxygen atoms in total. The third-order valence-corrected chi connectivity index (χ3v) is 0.354. The first-order valence-corrected chi connectivity index (χ1v) is 3.44. The Morgan fingerprint density at radius 2 is 1.30 bits per heavy atom. The van der Waals surface area contributed by atoms with E-state index in [1.54, 1.807) is 0 Å². The van der Waals surface area contributed by atoms with Crippen LogP contribution in [0.4, 0.5) is 0 Å². The van der Waals surface area contributed by atoms with Gasteiger partial charge >= 0.3 is 37.7 Å². The Morgan fingerprint density at radius 1 is 1.20 bits per heavy atom. The second-order valence-corrected chi connectivity index (χ2v) is 2.59. The molecule has 10 heavy (non-hydrogen) atoms. The molecule has 0 fully saturated rings. The molecule has 0 saturated heterocycles. The van der Waals surface area contributed by atoms with E-state index in [4.69, 9.17) is 0 Å². The summed E-state index contributed by atoms with van der Waals surface area (Å²) in [5, 5.41) is 0. The fraction of sp³-hybridized carbons (Fsp3) is 0.875. The largest absolute Gasteiger partial charge is 1.00 e. The van der Waals surface area contributed by atoms with E-state index in [0.717, 1.165) is 12.3 Å². The second-order valence-electron chi connectivity index (χ2n) is 2.59. The summed E-state index contributed by atoms with van der Waals surface area (Å²) in [4.78, 5) is 0. The van der Waals surface area contributed by atoms with Gasteiger partial charge in [-0.25, -0.2) is 0 Å². The summed E-state index contributed by atoms with van der Waals surface area (Å²) in [6.45, 7) is 12.2. The van der Waals surface area contributed by atoms with Crippen LogP contribution >= 0.6 is 0 Å². The summed E-state index contributed by atoms with van der Waals surface area (Å²) >= 11 is 0. The first-order valence-electron chi connectivity index (χ1n) is 3.44. The molecule has 0 bridgehead atoms. The van der Waals surface area contributed by atoms with Crippen LogP contribution < -0.4 is 37.7 Å². The van der Waals surface area contributed by atoms with E-state index in [1.165, 1.54) is 6.42 Å². The summed E-state index contributed by atoms with van der Waals surface area (Å²) in [6.07, 6.45) is 2.28. The van der Waals surface area contributed by atoms with Crippen molar-refractivity contribution in [2.24, 2.45) is 5.92 Å². The molecule has 0 saturated carbocycles. The summed E-state index contributed by atoms with van der Waals surface area (Å²) in [6, 6.07) is 0. The van der Waals surface area contributed by atoms with Crippen LogP contribution in [0, 0.1) is 12.8 Å². The molecule has 0 aromatic heterocycles. The fourth-order valence-corrected chi connectivity index (χ4v) is 0. The predicted octanol–water partition coefficient (Wildman–Crippen LogP) is -2.60. The second kappa shape index (κ2) is 22.5. The average Bonchev–Trinajstić information content (AvgIpc) is 1.65. The molecule has 0 spiro atoms. The Hall–Kier alpha value is 1.19. The molecule has 0 aliphatic rings. The van der Waals surface area contributed by atoms with Gasteiger partial charge in [-0.3, -0.25) is 0 Å². The molecule has 0 aliphatic carbocycles. The molecule has 0 atom stereocenters. The monoisotopic (exact) mass is 130 g/mol. The van der Waals surface area contributed by atoms with Crippen LogP contribution in [0.25, 0.3) is 0 Å². The van der Waals surface area contributed by atoms with Gasteiger partial charge < -0.3 is 8.35 Å². The zero-order chi connectivity index (χ0) is 6.99. The van der Waals surface area contributed by atoms with Crippen molar-refractivity contribution < 1.29 is 39.1 Å². The minimum absolute atomic E-state index is 0. The SMILES string of the molecule is CC(C)C.[CH2-]CCC.[H-].[Li+].[Li+]. The molecule has 0 aliphatic heterocycles. The summed E-state index contributed by atoms with van der Waals surface area (Å²) in [5.41, 5.74) is 0. The maximum Gasteiger partial charge on any atom is 1.00 e. The van der Waals surface area contributed by atoms with Crippen LogP contribution in [0.5, 0.6) is 0 Å². The molecule has 54 valence electrons. The van der Waals surface area contributed by atoms with E-state index in [0.29, 0.717) is 0 Å². The molecule has 0 N–H and O–H groups in total. The molecule has 0 aromatic carbocycles. The zero-order valence-electron chi connectivity index (χ0n) is 9.70. The standard InChI is InChI=1S/C4H10.C4H9.2Li.H/c1-4(2)3;1-3-4-2;;;/h4H,1-3H3;1,3-4H2,2H3;;;/q;-1;2*+1;-1. The third-order valence-electron chi connectivity index (χ3n) is 0.354. The van der Waals surface area contributed by atoms with E-state index < -0.39 is 0 Å². The predicted molar refractivity (Wildman–Crippen MR) is 41.9 cm³/mol. The minimum Gasteiger partial charge on any atom is -1.00 e. The van der Waals surface area contributed by atoms with E-state index in [2.05, 4.69) is 34.6 Å². The van der Waals surface area contributed by atoms with Gasteiger partial charge in [0.25, 0.3) is 0 Å². The summed E-state index contributed by atoms with van der Waals surface area (Å²) in [5.74, 6) is 0.833. The summed E-state index contributed by atoms with van der Waals surface area (Å²) in [7, 11) is 0. The Morgan fingerprint density at radius 3 is 1.30 bits per heavy atom. The Kier molecular flexibility index (Phi) is 50.5. The smallest absolute Gasteiger partial charge is 1.00 e. The normalized spacial score (nSPS) is 6.60. The van der Waals surface area contributed by atoms with E-state index in [9.17, 15) is 0 Å². The number of rotatable bonds is 1. The molecule has 0 unspecified atom stereocenters. The molecule has 0 aromatic rings. The van der Waals surface area contributed by atoms with Crippen LogP contribution in [0.15, 0.2) is 0 Å². The number of hydrogen-bond acceptors (Lipinski definition) is 0. The molecular weight excluding hydrogens is 110 g/mol. The quantitative estimate of drug-likeness (QED) is 0.270. The van der Waals surface area contributed by atoms with Crippen molar-refractivity contribution in [1.82, 2.24) is 0 Å². The van der Waals surface area contributed by atoms with Crippen molar-refractivity contribution in [3.05, 3.63) is 6.92 Å². The van der Waals surface area contributed by atoms with E-state index in [-0.39, 0.29) is 39.1 Å². The van der Waals surface area contributed by atoms with Gasteiger partial charge in [0, 0.05) is 0 Å². The van der Waals surface area contributed by atoms with Crippen molar-refractivity contribution in [3.63, 3.8) is 0 Å². The molecule has 2 heteroatoms. The van der Waals surface area contributed by atoms with Crippen LogP contribution in [0.2, 0.25) is 0 Å². The number of unbranched alkanes of at least 4 members (excludes halogenated alkanes) is 1. The molecule has 0 rings (SSSR count). The number of hydrogen-bond donors (Lipinski definition) is 0. The van der Waals surface area contributed by atoms with Gasteiger partial charge in [-0.05, 0) is 5.92 Å². The topological polar surface area (TPSA) is 0 Å². The van der Waals surface area contributed by atoms with Crippen molar-refractivity contribution in [1.29, 1.82) is 0 Å². The molecule has 0 heterocycles. The van der Waals surface area contributed by atoms with Gasteiger partial charge in [0.05, 0.1) is 0 Å². The first kappa shape index (κ1) is 22.5. The zero-order valence-corrected chi connectivity index (χ0v) is 8.70. The van der Waals surface area contributed by atoms with Gasteiger partial charge in [0.2, 0.25) is 0 Å². The Balaban J connectivity index is -0.0000000171. The van der Waals surface area contributed by atoms with Gasteiger partial charge in [0.15, 0.2) is 0 Å². The first-order chi connectivity index (χ1) is 3.65. The molecule has 0 radical (unpaired) electrons. The summed E-state index contributed by atoms with van der Waals surface area (Å²) < 4.78 is 0. The third kappa shape index (κ3) is 128. The van der Waals surface area contributed by atoms with Gasteiger partial charge in [-0.15, -0.1) is 0 Å². The van der Waals surface area contributed by atoms with Crippen LogP contribution in [0.3, 0.4) is 0 Å². The van der Waals surface area contributed by atoms with E-state index in [1.807, 2.05) is 0 Å². The minimum atomic E-state index is 0. The van der Waals surface area contributed by atoms with Gasteiger partial charge in [-0.1, -0.05) is 34.1 Å². The van der Waals surface area contributed by atoms with E-state index >= 15 is 0 Å². The van der Waals surface area contributed by atoms with Crippen molar-refractivity contribution >= 4 is 0 Å². The Labute approximate surface area is 92.4 Å². The van der Waals surface area contributed by atoms with Crippen molar-refractivity contribution in [2.45, 2.75) is 40.5 Å². The van der Waals surface area contributed by atoms with Crippen molar-refractivity contribution in [2.75, 3.05) is 0 Å². The maximum absolute atomic E-state index is 3.60. The average molecular weight is 130 g/mol. The van der Waals surface area contributed by atoms with Crippen LogP contribution in [0.1, 0.15) is 42.0 Å². The van der Waals surface area contributed by atoms with Crippen LogP contribution in [-0.2, 0) is 0 Å². The Bertz CT molecular complexity index is 28.5. The van der Waals surface area contributed by atoms with Gasteiger partial charge in [0.1, 0.15) is 0 Å². The maximum atomic E-state index is 3.60. The molecular formula is C8H20Li2.